The minimum atomic E-state index is -0.746. The average molecular weight is 1270 g/mol. The first kappa shape index (κ1) is 65.5. The quantitative estimate of drug-likeness (QED) is 0.0370. The van der Waals surface area contributed by atoms with Crippen LogP contribution >= 0.6 is 34.8 Å². The fraction of sp³-hybridized carbons (Fsp3) is 0.255. The normalized spacial score (nSPS) is 14.4. The molecule has 2 aliphatic rings. The second-order valence-electron chi connectivity index (χ2n) is 19.2. The number of halogens is 9. The van der Waals surface area contributed by atoms with E-state index < -0.39 is 46.9 Å². The predicted octanol–water partition coefficient (Wildman–Crippen LogP) is 7.68. The second-order valence-corrected chi connectivity index (χ2v) is 20.4. The third-order valence-electron chi connectivity index (χ3n) is 12.2. The van der Waals surface area contributed by atoms with Crippen molar-refractivity contribution in [3.63, 3.8) is 0 Å². The molecule has 2 amide bonds. The van der Waals surface area contributed by atoms with Crippen LogP contribution < -0.4 is 48.7 Å². The maximum Gasteiger partial charge on any atom is 0.254 e. The monoisotopic (exact) mass is 1260 g/mol. The molecule has 0 aliphatic carbocycles. The van der Waals surface area contributed by atoms with Crippen molar-refractivity contribution in [2.75, 3.05) is 60.5 Å². The number of aryl methyl sites for hydroxylation is 6. The molecule has 11 rings (SSSR count). The van der Waals surface area contributed by atoms with Crippen LogP contribution in [0.5, 0.6) is 0 Å². The summed E-state index contributed by atoms with van der Waals surface area (Å²) in [6, 6.07) is 19.1. The number of amides is 2. The van der Waals surface area contributed by atoms with Gasteiger partial charge in [-0.05, 0) is 96.1 Å². The van der Waals surface area contributed by atoms with Crippen LogP contribution in [0, 0.1) is 76.4 Å². The third-order valence-corrected chi connectivity index (χ3v) is 12.8. The van der Waals surface area contributed by atoms with Crippen molar-refractivity contribution in [1.82, 2.24) is 75.2 Å². The van der Waals surface area contributed by atoms with Gasteiger partial charge >= 0.3 is 0 Å². The van der Waals surface area contributed by atoms with Crippen molar-refractivity contribution >= 4 is 81.1 Å². The zero-order valence-electron chi connectivity index (χ0n) is 47.3. The van der Waals surface area contributed by atoms with Gasteiger partial charge in [-0.1, -0.05) is 34.8 Å². The molecule has 0 radical (unpaired) electrons. The van der Waals surface area contributed by atoms with Crippen LogP contribution in [0.15, 0.2) is 91.0 Å². The van der Waals surface area contributed by atoms with Gasteiger partial charge in [-0.15, -0.1) is 0 Å². The number of aromatic nitrogens is 12. The summed E-state index contributed by atoms with van der Waals surface area (Å²) in [6.07, 6.45) is 0. The van der Waals surface area contributed by atoms with E-state index in [-0.39, 0.29) is 51.9 Å². The van der Waals surface area contributed by atoms with Crippen molar-refractivity contribution in [2.24, 2.45) is 11.5 Å². The van der Waals surface area contributed by atoms with Crippen molar-refractivity contribution < 1.29 is 35.9 Å². The fourth-order valence-electron chi connectivity index (χ4n) is 8.24. The van der Waals surface area contributed by atoms with E-state index in [2.05, 4.69) is 71.8 Å². The van der Waals surface area contributed by atoms with Crippen LogP contribution in [0.2, 0.25) is 15.5 Å². The summed E-state index contributed by atoms with van der Waals surface area (Å²) in [7, 11) is 0. The van der Waals surface area contributed by atoms with E-state index in [9.17, 15) is 35.9 Å². The van der Waals surface area contributed by atoms with Crippen molar-refractivity contribution in [2.45, 2.75) is 53.6 Å². The highest BCUT2D eigenvalue weighted by Crippen LogP contribution is 2.26. The molecule has 23 nitrogen and oxygen atoms in total. The number of benzene rings is 3. The maximum absolute atomic E-state index is 14.2. The number of anilines is 6. The largest absolute Gasteiger partial charge is 0.396 e. The Bertz CT molecular complexity index is 3860. The second kappa shape index (κ2) is 29.9. The molecule has 2 aliphatic heterocycles. The van der Waals surface area contributed by atoms with Gasteiger partial charge in [0.05, 0.1) is 40.2 Å². The van der Waals surface area contributed by atoms with Gasteiger partial charge in [0.25, 0.3) is 17.8 Å². The Morgan fingerprint density at radius 3 is 1.34 bits per heavy atom. The first-order valence-corrected chi connectivity index (χ1v) is 27.3. The molecule has 11 N–H and O–H groups in total. The Morgan fingerprint density at radius 1 is 0.517 bits per heavy atom. The number of hydrogen-bond acceptors (Lipinski definition) is 18. The summed E-state index contributed by atoms with van der Waals surface area (Å²) < 4.78 is 83.1. The summed E-state index contributed by atoms with van der Waals surface area (Å²) >= 11 is 17.6. The van der Waals surface area contributed by atoms with Gasteiger partial charge in [-0.2, -0.15) is 45.2 Å². The number of nitrogens with zero attached hydrogens (tertiary/aromatic N) is 13. The highest BCUT2D eigenvalue weighted by molar-refractivity contribution is 6.33. The molecule has 32 heteroatoms. The smallest absolute Gasteiger partial charge is 0.254 e. The number of hydrogen-bond donors (Lipinski definition) is 8. The zero-order valence-corrected chi connectivity index (χ0v) is 49.6. The Kier molecular flexibility index (Phi) is 22.5. The van der Waals surface area contributed by atoms with Gasteiger partial charge in [0.1, 0.15) is 73.9 Å². The lowest BCUT2D eigenvalue weighted by molar-refractivity contribution is -0.120. The third kappa shape index (κ3) is 18.7. The SMILES string of the molecule is Cc1cc(C)n(-c2nc(Cl)cc(Cl)n2)n1.Cc1cc(C)n(-c2nc(Cl)cc(Nc3ccc(F)cc3F)n2)n1.Cc1cc(C)n(-c2nc(Nc3ccc(F)cc3F)cc(N3CCNC(C(N)=O)C3)n2)n1.NC(=O)C1CNCCN1.Nc1ccc(F)cc1F. The van der Waals surface area contributed by atoms with Gasteiger partial charge in [-0.3, -0.25) is 9.59 Å². The van der Waals surface area contributed by atoms with Gasteiger partial charge in [0.15, 0.2) is 0 Å². The number of carbonyl (C=O) groups excluding carboxylic acids is 2. The lowest BCUT2D eigenvalue weighted by Crippen LogP contribution is -2.56. The Hall–Kier alpha value is -9.00. The molecule has 6 aromatic heterocycles. The van der Waals surface area contributed by atoms with Gasteiger partial charge < -0.3 is 48.7 Å². The lowest BCUT2D eigenvalue weighted by Gasteiger charge is -2.33. The first-order valence-electron chi connectivity index (χ1n) is 26.2. The summed E-state index contributed by atoms with van der Waals surface area (Å²) in [5.41, 5.74) is 20.7. The first-order chi connectivity index (χ1) is 41.3. The standard InChI is InChI=1S/C20H22F2N8O.C15H12ClF2N5.C9H8Cl2N4.C6H5F2N.C5H11N3O/c1-11-7-12(2)30(28-11)20-26-17(25-15-4-3-13(21)8-14(15)22)9-18(27-20)29-6-5-24-16(10-29)19(23)31;1-8-5-9(2)23(22-8)15-20-13(16)7-14(21-15)19-12-4-3-10(17)6-11(12)18;1-5-3-6(2)15(14-5)9-12-7(10)4-8(11)13-9;7-4-1-2-6(9)5(8)3-4;6-5(9)4-3-7-1-2-8-4/h3-4,7-9,16,24H,5-6,10H2,1-2H3,(H2,23,31)(H,25,26,27);3-7H,1-2H3,(H,19,20,21);3-4H,1-2H3;1-3H,9H2;4,7-8H,1-3H2,(H2,6,9). The van der Waals surface area contributed by atoms with E-state index in [0.717, 1.165) is 83.7 Å². The minimum Gasteiger partial charge on any atom is -0.396 e. The topological polar surface area (TPSA) is 306 Å². The van der Waals surface area contributed by atoms with Crippen molar-refractivity contribution in [3.8, 4) is 17.8 Å². The van der Waals surface area contributed by atoms with Crippen molar-refractivity contribution in [3.05, 3.63) is 176 Å². The zero-order chi connectivity index (χ0) is 63.2. The number of nitrogen functional groups attached to an aromatic ring is 1. The van der Waals surface area contributed by atoms with E-state index in [1.165, 1.54) is 35.0 Å². The molecular formula is C55H58Cl3F6N21O2. The Morgan fingerprint density at radius 2 is 0.943 bits per heavy atom. The molecule has 0 bridgehead atoms. The van der Waals surface area contributed by atoms with E-state index in [1.807, 2.05) is 64.6 Å². The van der Waals surface area contributed by atoms with E-state index in [4.69, 9.17) is 52.0 Å². The van der Waals surface area contributed by atoms with Gasteiger partial charge in [0.2, 0.25) is 11.8 Å². The number of rotatable bonds is 10. The molecule has 0 saturated carbocycles. The summed E-state index contributed by atoms with van der Waals surface area (Å²) in [5, 5.41) is 28.5. The molecule has 87 heavy (non-hydrogen) atoms. The van der Waals surface area contributed by atoms with E-state index in [0.29, 0.717) is 54.1 Å². The summed E-state index contributed by atoms with van der Waals surface area (Å²) in [4.78, 5) is 49.6. The molecule has 458 valence electrons. The fourth-order valence-corrected chi connectivity index (χ4v) is 8.83. The number of piperazine rings is 2. The van der Waals surface area contributed by atoms with Gasteiger partial charge in [-0.25, -0.2) is 40.4 Å². The van der Waals surface area contributed by atoms with E-state index >= 15 is 0 Å². The Balaban J connectivity index is 0.000000169. The molecule has 2 saturated heterocycles. The highest BCUT2D eigenvalue weighted by atomic mass is 35.5. The maximum atomic E-state index is 14.2. The van der Waals surface area contributed by atoms with Crippen LogP contribution in [0.3, 0.4) is 0 Å². The molecule has 2 unspecified atom stereocenters. The van der Waals surface area contributed by atoms with Crippen LogP contribution in [0.1, 0.15) is 34.2 Å². The Labute approximate surface area is 509 Å². The number of nitrogens with two attached hydrogens (primary N) is 3. The van der Waals surface area contributed by atoms with Crippen LogP contribution in [-0.4, -0.2) is 122 Å². The molecule has 9 aromatic rings. The molecule has 2 fully saturated rings. The van der Waals surface area contributed by atoms with Crippen LogP contribution in [-0.2, 0) is 9.59 Å². The lowest BCUT2D eigenvalue weighted by atomic mass is 10.2. The average Bonchev–Trinajstić information content (AvgIpc) is 2.93. The molecule has 0 spiro atoms. The summed E-state index contributed by atoms with van der Waals surface area (Å²) in [6.45, 7) is 15.1. The number of primary amides is 2. The van der Waals surface area contributed by atoms with Crippen LogP contribution in [0.4, 0.5) is 60.9 Å². The van der Waals surface area contributed by atoms with Gasteiger partial charge in [0, 0.05) is 92.7 Å². The van der Waals surface area contributed by atoms with Crippen molar-refractivity contribution in [1.29, 1.82) is 0 Å². The molecular weight excluding hydrogens is 1210 g/mol. The molecule has 3 aromatic carbocycles. The highest BCUT2D eigenvalue weighted by Gasteiger charge is 2.26. The minimum absolute atomic E-state index is 0.0311. The van der Waals surface area contributed by atoms with E-state index in [1.54, 1.807) is 15.4 Å². The summed E-state index contributed by atoms with van der Waals surface area (Å²) in [5.74, 6) is -2.83. The number of carbonyl (C=O) groups is 2. The molecule has 2 atom stereocenters. The molecule has 8 heterocycles. The van der Waals surface area contributed by atoms with Crippen LogP contribution in [0.25, 0.3) is 17.8 Å². The predicted molar refractivity (Wildman–Crippen MR) is 318 cm³/mol. The number of nitrogens with one attached hydrogen (secondary N) is 5.